The fraction of sp³-hybridized carbons (Fsp3) is 0.750. The van der Waals surface area contributed by atoms with E-state index in [1.165, 1.54) is 122 Å². The van der Waals surface area contributed by atoms with Crippen molar-refractivity contribution in [1.82, 2.24) is 5.32 Å². The van der Waals surface area contributed by atoms with Gasteiger partial charge in [-0.1, -0.05) is 229 Å². The van der Waals surface area contributed by atoms with E-state index in [0.29, 0.717) is 19.3 Å². The molecular weight excluding hydrogens is 767 g/mol. The highest BCUT2D eigenvalue weighted by Crippen LogP contribution is 2.17. The zero-order valence-electron chi connectivity index (χ0n) is 40.7. The standard InChI is InChI=1S/C56H99NO5/c1-4-7-10-13-16-19-22-24-25-26-27-28-29-31-34-37-40-43-46-49-56(61)62-52(47-44-41-38-35-33-30-23-20-17-14-11-8-5-2)50-55(60)57-53(51-58)54(59)48-45-42-39-36-32-21-18-15-12-9-6-3/h8,11,14,16-17,19-20,23-25,30,33,52-54,58-59H,4-7,9-10,12-13,15,18,21-22,26-29,31-32,34-51H2,1-3H3,(H,57,60)/b11-8+,17-14+,19-16-,23-20+,25-24-,33-30-. The van der Waals surface area contributed by atoms with Crippen LogP contribution in [0.25, 0.3) is 0 Å². The predicted molar refractivity (Wildman–Crippen MR) is 268 cm³/mol. The lowest BCUT2D eigenvalue weighted by atomic mass is 10.0. The summed E-state index contributed by atoms with van der Waals surface area (Å²) in [7, 11) is 0. The van der Waals surface area contributed by atoms with Crippen LogP contribution in [0.1, 0.15) is 245 Å². The van der Waals surface area contributed by atoms with Crippen LogP contribution in [0.5, 0.6) is 0 Å². The Labute approximate surface area is 383 Å². The van der Waals surface area contributed by atoms with E-state index < -0.39 is 18.2 Å². The first-order chi connectivity index (χ1) is 30.5. The van der Waals surface area contributed by atoms with E-state index in [9.17, 15) is 19.8 Å². The van der Waals surface area contributed by atoms with Gasteiger partial charge in [-0.2, -0.15) is 0 Å². The lowest BCUT2D eigenvalue weighted by Crippen LogP contribution is -2.46. The summed E-state index contributed by atoms with van der Waals surface area (Å²) in [5.74, 6) is -0.518. The molecular formula is C56H99NO5. The molecule has 0 heterocycles. The molecule has 0 rings (SSSR count). The second kappa shape index (κ2) is 49.3. The molecule has 6 nitrogen and oxygen atoms in total. The summed E-state index contributed by atoms with van der Waals surface area (Å²) >= 11 is 0. The zero-order valence-corrected chi connectivity index (χ0v) is 40.7. The quantitative estimate of drug-likeness (QED) is 0.0245. The minimum absolute atomic E-state index is 0.0475. The Hall–Kier alpha value is -2.70. The molecule has 0 aromatic heterocycles. The van der Waals surface area contributed by atoms with Gasteiger partial charge in [0.2, 0.25) is 5.91 Å². The molecule has 0 bridgehead atoms. The van der Waals surface area contributed by atoms with Crippen molar-refractivity contribution in [3.8, 4) is 0 Å². The smallest absolute Gasteiger partial charge is 0.306 e. The molecule has 0 aliphatic heterocycles. The molecule has 0 aliphatic carbocycles. The van der Waals surface area contributed by atoms with Gasteiger partial charge in [-0.15, -0.1) is 0 Å². The SMILES string of the molecule is CC/C=C/C=C/C=C/C=C\CCCCCC(CC(=O)NC(CO)C(O)CCCCCCCCCCCCC)OC(=O)CCCCCCCCCCC/C=C\C/C=C\CCCCC. The number of allylic oxidation sites excluding steroid dienone is 12. The van der Waals surface area contributed by atoms with Gasteiger partial charge in [-0.3, -0.25) is 9.59 Å². The minimum Gasteiger partial charge on any atom is -0.462 e. The summed E-state index contributed by atoms with van der Waals surface area (Å²) in [6.45, 7) is 6.30. The number of hydrogen-bond acceptors (Lipinski definition) is 5. The molecule has 62 heavy (non-hydrogen) atoms. The molecule has 0 radical (unpaired) electrons. The molecule has 6 heteroatoms. The first kappa shape index (κ1) is 59.3. The number of hydrogen-bond donors (Lipinski definition) is 3. The van der Waals surface area contributed by atoms with Crippen LogP contribution in [-0.2, 0) is 14.3 Å². The molecule has 358 valence electrons. The molecule has 0 spiro atoms. The van der Waals surface area contributed by atoms with E-state index in [1.54, 1.807) is 0 Å². The largest absolute Gasteiger partial charge is 0.462 e. The van der Waals surface area contributed by atoms with Crippen LogP contribution in [-0.4, -0.2) is 46.9 Å². The van der Waals surface area contributed by atoms with E-state index in [1.807, 2.05) is 24.3 Å². The van der Waals surface area contributed by atoms with E-state index >= 15 is 0 Å². The number of esters is 1. The van der Waals surface area contributed by atoms with E-state index in [2.05, 4.69) is 74.7 Å². The molecule has 0 fully saturated rings. The van der Waals surface area contributed by atoms with Gasteiger partial charge in [-0.05, 0) is 77.0 Å². The van der Waals surface area contributed by atoms with Gasteiger partial charge in [0.05, 0.1) is 25.2 Å². The Bertz CT molecular complexity index is 1150. The summed E-state index contributed by atoms with van der Waals surface area (Å²) in [5.41, 5.74) is 0. The number of amides is 1. The van der Waals surface area contributed by atoms with Crippen LogP contribution in [0.3, 0.4) is 0 Å². The molecule has 3 unspecified atom stereocenters. The average molecular weight is 866 g/mol. The molecule has 0 saturated carbocycles. The fourth-order valence-electron chi connectivity index (χ4n) is 7.65. The number of rotatable bonds is 46. The fourth-order valence-corrected chi connectivity index (χ4v) is 7.65. The Morgan fingerprint density at radius 1 is 0.500 bits per heavy atom. The maximum absolute atomic E-state index is 13.2. The third-order valence-electron chi connectivity index (χ3n) is 11.6. The summed E-state index contributed by atoms with van der Waals surface area (Å²) in [6, 6.07) is -0.717. The van der Waals surface area contributed by atoms with Gasteiger partial charge in [0, 0.05) is 6.42 Å². The Balaban J connectivity index is 4.59. The van der Waals surface area contributed by atoms with Crippen molar-refractivity contribution in [3.63, 3.8) is 0 Å². The van der Waals surface area contributed by atoms with Crippen molar-refractivity contribution in [2.45, 2.75) is 264 Å². The van der Waals surface area contributed by atoms with Crippen molar-refractivity contribution < 1.29 is 24.5 Å². The topological polar surface area (TPSA) is 95.9 Å². The van der Waals surface area contributed by atoms with Crippen LogP contribution in [0.4, 0.5) is 0 Å². The maximum atomic E-state index is 13.2. The number of aliphatic hydroxyl groups is 2. The molecule has 0 saturated heterocycles. The molecule has 0 aromatic rings. The minimum atomic E-state index is -0.801. The van der Waals surface area contributed by atoms with Crippen LogP contribution in [0.15, 0.2) is 72.9 Å². The lowest BCUT2D eigenvalue weighted by Gasteiger charge is -2.24. The summed E-state index contributed by atoms with van der Waals surface area (Å²) in [4.78, 5) is 26.1. The number of nitrogens with one attached hydrogen (secondary N) is 1. The van der Waals surface area contributed by atoms with Crippen molar-refractivity contribution >= 4 is 11.9 Å². The molecule has 0 aromatic carbocycles. The van der Waals surface area contributed by atoms with Crippen molar-refractivity contribution in [1.29, 1.82) is 0 Å². The average Bonchev–Trinajstić information content (AvgIpc) is 3.26. The highest BCUT2D eigenvalue weighted by atomic mass is 16.5. The van der Waals surface area contributed by atoms with E-state index in [-0.39, 0.29) is 24.9 Å². The van der Waals surface area contributed by atoms with Crippen molar-refractivity contribution in [3.05, 3.63) is 72.9 Å². The van der Waals surface area contributed by atoms with Crippen LogP contribution >= 0.6 is 0 Å². The highest BCUT2D eigenvalue weighted by Gasteiger charge is 2.24. The normalized spacial score (nSPS) is 13.8. The van der Waals surface area contributed by atoms with E-state index in [4.69, 9.17) is 4.74 Å². The van der Waals surface area contributed by atoms with Crippen LogP contribution in [0, 0.1) is 0 Å². The number of carbonyl (C=O) groups excluding carboxylic acids is 2. The summed E-state index contributed by atoms with van der Waals surface area (Å²) in [6.07, 6.45) is 62.5. The van der Waals surface area contributed by atoms with E-state index in [0.717, 1.165) is 77.0 Å². The summed E-state index contributed by atoms with van der Waals surface area (Å²) < 4.78 is 5.92. The van der Waals surface area contributed by atoms with Gasteiger partial charge in [0.15, 0.2) is 0 Å². The monoisotopic (exact) mass is 866 g/mol. The number of carbonyl (C=O) groups is 2. The van der Waals surface area contributed by atoms with Gasteiger partial charge in [-0.25, -0.2) is 0 Å². The third-order valence-corrected chi connectivity index (χ3v) is 11.6. The Morgan fingerprint density at radius 2 is 0.935 bits per heavy atom. The maximum Gasteiger partial charge on any atom is 0.306 e. The highest BCUT2D eigenvalue weighted by molar-refractivity contribution is 5.77. The van der Waals surface area contributed by atoms with Crippen molar-refractivity contribution in [2.75, 3.05) is 6.61 Å². The van der Waals surface area contributed by atoms with Gasteiger partial charge < -0.3 is 20.3 Å². The second-order valence-electron chi connectivity index (χ2n) is 17.6. The van der Waals surface area contributed by atoms with Gasteiger partial charge >= 0.3 is 5.97 Å². The van der Waals surface area contributed by atoms with Gasteiger partial charge in [0.25, 0.3) is 0 Å². The third kappa shape index (κ3) is 43.9. The Morgan fingerprint density at radius 3 is 1.50 bits per heavy atom. The van der Waals surface area contributed by atoms with Crippen molar-refractivity contribution in [2.24, 2.45) is 0 Å². The van der Waals surface area contributed by atoms with Gasteiger partial charge in [0.1, 0.15) is 6.10 Å². The van der Waals surface area contributed by atoms with Crippen LogP contribution < -0.4 is 5.32 Å². The molecule has 3 atom stereocenters. The predicted octanol–water partition coefficient (Wildman–Crippen LogP) is 15.8. The number of unbranched alkanes of at least 4 members (excludes halogenated alkanes) is 25. The first-order valence-corrected chi connectivity index (χ1v) is 26.2. The summed E-state index contributed by atoms with van der Waals surface area (Å²) in [5, 5.41) is 23.7. The second-order valence-corrected chi connectivity index (χ2v) is 17.6. The lowest BCUT2D eigenvalue weighted by molar-refractivity contribution is -0.151. The zero-order chi connectivity index (χ0) is 45.2. The number of aliphatic hydroxyl groups excluding tert-OH is 2. The molecule has 0 aliphatic rings. The number of ether oxygens (including phenoxy) is 1. The molecule has 1 amide bonds. The molecule has 3 N–H and O–H groups in total. The van der Waals surface area contributed by atoms with Crippen LogP contribution in [0.2, 0.25) is 0 Å². The first-order valence-electron chi connectivity index (χ1n) is 26.2. The Kier molecular flexibility index (Phi) is 47.2.